The van der Waals surface area contributed by atoms with Crippen molar-refractivity contribution in [3.8, 4) is 5.75 Å². The number of rotatable bonds is 33. The zero-order valence-electron chi connectivity index (χ0n) is 53.3. The number of fused-ring (bicyclic) bond motifs is 2. The maximum atomic E-state index is 15.2. The number of hydrogen-bond acceptors (Lipinski definition) is 16. The maximum Gasteiger partial charge on any atom is 0.245 e. The van der Waals surface area contributed by atoms with E-state index in [1.165, 1.54) is 35.5 Å². The number of phenols is 1. The molecule has 4 heterocycles. The molecule has 0 bridgehead atoms. The molecule has 18 N–H and O–H groups in total. The Morgan fingerprint density at radius 1 is 0.656 bits per heavy atom. The second-order valence-corrected chi connectivity index (χ2v) is 24.4. The number of H-pyrrole nitrogens is 1. The molecule has 0 radical (unpaired) electrons. The molecule has 0 aliphatic carbocycles. The average molecular weight is 1320 g/mol. The SMILES string of the molecule is CC(C)C[C@H](NC(=O)[C@@H](Cc1cccc2ccccc12)NC(=O)[C@H](Cc1ccc(O)cc1)NC(=O)[C@H](CO)NC(=O)[C@H](Cc1c[nH]c2ccccc12)NC(=O)[C@H](CC1=NC=NC1)NC(=O)[C@@H]1CCC(=O)N1)C(=O)N[C@@H](CCCN=C(N)N)C(=O)N1CCC[C@H]1C(=O)NCC(N)=O. The molecule has 2 saturated heterocycles. The summed E-state index contributed by atoms with van der Waals surface area (Å²) >= 11 is 0. The summed E-state index contributed by atoms with van der Waals surface area (Å²) in [5.41, 5.74) is 19.2. The van der Waals surface area contributed by atoms with Crippen molar-refractivity contribution in [3.05, 3.63) is 114 Å². The van der Waals surface area contributed by atoms with Crippen LogP contribution in [0.15, 0.2) is 112 Å². The van der Waals surface area contributed by atoms with E-state index in [1.807, 2.05) is 24.3 Å². The fourth-order valence-corrected chi connectivity index (χ4v) is 11.7. The number of para-hydroxylation sites is 1. The molecule has 3 aliphatic rings. The summed E-state index contributed by atoms with van der Waals surface area (Å²) in [6, 6.07) is 13.3. The number of aromatic nitrogens is 1. The van der Waals surface area contributed by atoms with Gasteiger partial charge in [0.05, 0.1) is 19.7 Å². The first-order valence-electron chi connectivity index (χ1n) is 31.8. The number of nitrogens with zero attached hydrogens (tertiary/aromatic N) is 4. The lowest BCUT2D eigenvalue weighted by Gasteiger charge is -2.30. The van der Waals surface area contributed by atoms with E-state index in [0.717, 1.165) is 10.8 Å². The lowest BCUT2D eigenvalue weighted by atomic mass is 9.96. The number of aliphatic hydroxyl groups is 1. The number of primary amides is 1. The van der Waals surface area contributed by atoms with E-state index in [-0.39, 0.29) is 107 Å². The fraction of sp³-hybridized carbons (Fsp3) is 0.424. The Bertz CT molecular complexity index is 3770. The van der Waals surface area contributed by atoms with E-state index < -0.39 is 127 Å². The summed E-state index contributed by atoms with van der Waals surface area (Å²) in [5, 5.41) is 47.5. The number of hydrogen-bond donors (Lipinski definition) is 15. The Morgan fingerprint density at radius 3 is 1.89 bits per heavy atom. The van der Waals surface area contributed by atoms with Crippen LogP contribution in [0, 0.1) is 5.92 Å². The summed E-state index contributed by atoms with van der Waals surface area (Å²) in [6.07, 6.45) is 3.36. The predicted molar refractivity (Wildman–Crippen MR) is 355 cm³/mol. The summed E-state index contributed by atoms with van der Waals surface area (Å²) in [4.78, 5) is 171. The molecule has 0 saturated carbocycles. The maximum absolute atomic E-state index is 15.2. The number of aliphatic imine (C=N–C) groups is 3. The van der Waals surface area contributed by atoms with Gasteiger partial charge in [-0.05, 0) is 90.1 Å². The lowest BCUT2D eigenvalue weighted by Crippen LogP contribution is -2.61. The van der Waals surface area contributed by atoms with E-state index in [2.05, 4.69) is 67.8 Å². The minimum Gasteiger partial charge on any atom is -0.508 e. The van der Waals surface area contributed by atoms with Crippen LogP contribution in [-0.4, -0.2) is 190 Å². The van der Waals surface area contributed by atoms with Gasteiger partial charge in [0.2, 0.25) is 65.0 Å². The van der Waals surface area contributed by atoms with Gasteiger partial charge in [0.25, 0.3) is 0 Å². The quantitative estimate of drug-likeness (QED) is 0.0126. The van der Waals surface area contributed by atoms with E-state index in [0.29, 0.717) is 39.7 Å². The summed E-state index contributed by atoms with van der Waals surface area (Å²) in [6.45, 7) is 2.47. The average Bonchev–Trinajstić information content (AvgIpc) is 1.33. The zero-order valence-corrected chi connectivity index (χ0v) is 53.3. The van der Waals surface area contributed by atoms with E-state index in [9.17, 15) is 53.4 Å². The van der Waals surface area contributed by atoms with Crippen LogP contribution in [0.3, 0.4) is 0 Å². The highest BCUT2D eigenvalue weighted by atomic mass is 16.3. The Labute approximate surface area is 552 Å². The molecule has 4 aromatic carbocycles. The van der Waals surface area contributed by atoms with Gasteiger partial charge in [-0.1, -0.05) is 86.6 Å². The number of nitrogens with two attached hydrogens (primary N) is 3. The van der Waals surface area contributed by atoms with Gasteiger partial charge in [0, 0.05) is 68.0 Å². The highest BCUT2D eigenvalue weighted by Crippen LogP contribution is 2.24. The molecule has 9 atom stereocenters. The largest absolute Gasteiger partial charge is 0.508 e. The molecular weight excluding hydrogens is 1240 g/mol. The van der Waals surface area contributed by atoms with Crippen molar-refractivity contribution in [2.75, 3.05) is 32.8 Å². The van der Waals surface area contributed by atoms with Crippen LogP contribution in [-0.2, 0) is 72.0 Å². The van der Waals surface area contributed by atoms with Crippen molar-refractivity contribution in [3.63, 3.8) is 0 Å². The predicted octanol–water partition coefficient (Wildman–Crippen LogP) is -1.72. The minimum atomic E-state index is -1.80. The molecule has 0 spiro atoms. The number of carbonyl (C=O) groups excluding carboxylic acids is 11. The van der Waals surface area contributed by atoms with Crippen LogP contribution in [0.25, 0.3) is 21.7 Å². The Balaban J connectivity index is 1.06. The summed E-state index contributed by atoms with van der Waals surface area (Å²) < 4.78 is 0. The van der Waals surface area contributed by atoms with Gasteiger partial charge >= 0.3 is 0 Å². The first kappa shape index (κ1) is 71.1. The normalized spacial score (nSPS) is 17.1. The van der Waals surface area contributed by atoms with Gasteiger partial charge < -0.3 is 85.1 Å². The minimum absolute atomic E-state index is 0.00853. The molecular formula is C66H83N17O13. The number of amides is 11. The molecule has 11 amide bonds. The van der Waals surface area contributed by atoms with E-state index >= 15 is 9.59 Å². The van der Waals surface area contributed by atoms with Crippen molar-refractivity contribution >= 4 is 105 Å². The standard InChI is InChI=1S/C66H83N17O13/c1-36(2)26-48(58(89)76-47(16-8-24-71-66(68)69)65(96)83-25-9-17-54(83)64(95)73-33-55(67)86)77-60(91)50(28-39-12-7-11-38-10-3-4-13-43(38)39)79-59(90)49(27-37-18-20-42(85)21-19-37)78-63(94)53(34-84)82-61(92)51(29-40-31-72-45-15-6-5-14-44(40)45)80-62(93)52(30-41-32-70-35-74-41)81-57(88)46-22-23-56(87)75-46/h3-7,10-15,18-21,31,35-36,46-54,72,84-85H,8-9,16-17,22-30,32-34H2,1-2H3,(H2,67,86)(H,73,95)(H,75,87)(H,76,89)(H,77,91)(H,78,94)(H,79,90)(H,80,93)(H,81,88)(H,82,92)(H4,68,69,71)/t46-,47-,48-,49-,50+,51-,52-,53-,54-/m0/s1. The molecule has 30 nitrogen and oxygen atoms in total. The third kappa shape index (κ3) is 19.9. The lowest BCUT2D eigenvalue weighted by molar-refractivity contribution is -0.142. The van der Waals surface area contributed by atoms with Crippen LogP contribution in [0.1, 0.15) is 81.9 Å². The number of aromatic hydroxyl groups is 1. The van der Waals surface area contributed by atoms with Crippen molar-refractivity contribution in [2.24, 2.45) is 38.1 Å². The molecule has 1 aromatic heterocycles. The molecule has 510 valence electrons. The Kier molecular flexibility index (Phi) is 25.1. The molecule has 8 rings (SSSR count). The number of likely N-dealkylation sites (tertiary alicyclic amines) is 1. The molecule has 96 heavy (non-hydrogen) atoms. The summed E-state index contributed by atoms with van der Waals surface area (Å²) in [7, 11) is 0. The molecule has 0 unspecified atom stereocenters. The number of aromatic amines is 1. The van der Waals surface area contributed by atoms with Crippen LogP contribution >= 0.6 is 0 Å². The van der Waals surface area contributed by atoms with Gasteiger partial charge in [-0.3, -0.25) is 62.7 Å². The monoisotopic (exact) mass is 1320 g/mol. The number of phenolic OH excluding ortho intramolecular Hbond substituents is 1. The number of aliphatic hydroxyl groups excluding tert-OH is 1. The van der Waals surface area contributed by atoms with Crippen molar-refractivity contribution in [2.45, 2.75) is 139 Å². The second-order valence-electron chi connectivity index (χ2n) is 24.4. The summed E-state index contributed by atoms with van der Waals surface area (Å²) in [5.74, 6) is -9.02. The van der Waals surface area contributed by atoms with Crippen molar-refractivity contribution < 1.29 is 63.0 Å². The number of benzene rings is 4. The van der Waals surface area contributed by atoms with Crippen molar-refractivity contribution in [1.82, 2.24) is 57.7 Å². The Morgan fingerprint density at radius 2 is 1.25 bits per heavy atom. The fourth-order valence-electron chi connectivity index (χ4n) is 11.7. The van der Waals surface area contributed by atoms with E-state index in [4.69, 9.17) is 17.2 Å². The molecule has 3 aliphatic heterocycles. The highest BCUT2D eigenvalue weighted by molar-refractivity contribution is 6.03. The van der Waals surface area contributed by atoms with Crippen LogP contribution in [0.2, 0.25) is 0 Å². The second kappa shape index (κ2) is 33.9. The molecule has 30 heteroatoms. The smallest absolute Gasteiger partial charge is 0.245 e. The van der Waals surface area contributed by atoms with Gasteiger partial charge in [0.15, 0.2) is 5.96 Å². The topological polar surface area (TPSA) is 471 Å². The van der Waals surface area contributed by atoms with Gasteiger partial charge in [-0.15, -0.1) is 0 Å². The van der Waals surface area contributed by atoms with Gasteiger partial charge in [0.1, 0.15) is 66.5 Å². The number of guanidine groups is 1. The first-order chi connectivity index (χ1) is 46.0. The first-order valence-corrected chi connectivity index (χ1v) is 31.8. The number of nitrogens with one attached hydrogen (secondary N) is 10. The molecule has 5 aromatic rings. The zero-order chi connectivity index (χ0) is 69.0. The third-order valence-corrected chi connectivity index (χ3v) is 16.6. The van der Waals surface area contributed by atoms with Crippen LogP contribution in [0.5, 0.6) is 5.75 Å². The van der Waals surface area contributed by atoms with Crippen molar-refractivity contribution in [1.29, 1.82) is 0 Å². The van der Waals surface area contributed by atoms with Gasteiger partial charge in [-0.25, -0.2) is 4.99 Å². The van der Waals surface area contributed by atoms with Crippen LogP contribution in [0.4, 0.5) is 0 Å². The molecule has 2 fully saturated rings. The number of carbonyl (C=O) groups is 11. The van der Waals surface area contributed by atoms with Crippen LogP contribution < -0.4 is 65.1 Å². The Hall–Kier alpha value is -10.8. The third-order valence-electron chi connectivity index (χ3n) is 16.6. The highest BCUT2D eigenvalue weighted by Gasteiger charge is 2.40. The van der Waals surface area contributed by atoms with Gasteiger partial charge in [-0.2, -0.15) is 0 Å². The van der Waals surface area contributed by atoms with E-state index in [1.54, 1.807) is 62.5 Å².